The van der Waals surface area contributed by atoms with Crippen molar-refractivity contribution in [2.75, 3.05) is 13.2 Å². The average molecular weight is 377 g/mol. The maximum atomic E-state index is 11.8. The van der Waals surface area contributed by atoms with Crippen LogP contribution in [0.5, 0.6) is 5.75 Å². The van der Waals surface area contributed by atoms with Gasteiger partial charge in [-0.25, -0.2) is 4.98 Å². The quantitative estimate of drug-likeness (QED) is 0.544. The SMILES string of the molecule is O=C(NCCCc1nc2ccccc2n1CCCOc1ccccc1)C1CC1. The van der Waals surface area contributed by atoms with E-state index in [4.69, 9.17) is 9.72 Å². The number of para-hydroxylation sites is 3. The summed E-state index contributed by atoms with van der Waals surface area (Å²) in [6.45, 7) is 2.26. The number of hydrogen-bond acceptors (Lipinski definition) is 3. The molecule has 0 spiro atoms. The lowest BCUT2D eigenvalue weighted by Gasteiger charge is -2.11. The van der Waals surface area contributed by atoms with E-state index in [1.165, 1.54) is 5.52 Å². The maximum absolute atomic E-state index is 11.8. The number of aryl methyl sites for hydroxylation is 2. The molecule has 1 N–H and O–H groups in total. The predicted molar refractivity (Wildman–Crippen MR) is 110 cm³/mol. The Balaban J connectivity index is 1.33. The van der Waals surface area contributed by atoms with Crippen molar-refractivity contribution in [3.05, 3.63) is 60.4 Å². The Kier molecular flexibility index (Phi) is 5.90. The van der Waals surface area contributed by atoms with Crippen molar-refractivity contribution in [2.24, 2.45) is 5.92 Å². The van der Waals surface area contributed by atoms with E-state index in [9.17, 15) is 4.79 Å². The molecule has 1 aliphatic rings. The second-order valence-corrected chi connectivity index (χ2v) is 7.35. The lowest BCUT2D eigenvalue weighted by atomic mass is 10.2. The third-order valence-electron chi connectivity index (χ3n) is 5.10. The molecule has 1 aromatic heterocycles. The number of fused-ring (bicyclic) bond motifs is 1. The predicted octanol–water partition coefficient (Wildman–Crippen LogP) is 3.96. The fourth-order valence-corrected chi connectivity index (χ4v) is 3.44. The Morgan fingerprint density at radius 3 is 2.68 bits per heavy atom. The molecule has 1 saturated carbocycles. The minimum atomic E-state index is 0.214. The Labute approximate surface area is 165 Å². The molecule has 0 bridgehead atoms. The van der Waals surface area contributed by atoms with Gasteiger partial charge in [-0.15, -0.1) is 0 Å². The van der Waals surface area contributed by atoms with E-state index in [0.29, 0.717) is 6.61 Å². The third-order valence-corrected chi connectivity index (χ3v) is 5.10. The van der Waals surface area contributed by atoms with Gasteiger partial charge in [0.1, 0.15) is 11.6 Å². The van der Waals surface area contributed by atoms with Gasteiger partial charge in [0.25, 0.3) is 0 Å². The second kappa shape index (κ2) is 8.91. The Morgan fingerprint density at radius 2 is 1.86 bits per heavy atom. The lowest BCUT2D eigenvalue weighted by Crippen LogP contribution is -2.26. The Morgan fingerprint density at radius 1 is 1.07 bits per heavy atom. The fourth-order valence-electron chi connectivity index (χ4n) is 3.44. The van der Waals surface area contributed by atoms with Crippen molar-refractivity contribution in [1.29, 1.82) is 0 Å². The van der Waals surface area contributed by atoms with Crippen molar-refractivity contribution in [1.82, 2.24) is 14.9 Å². The van der Waals surface area contributed by atoms with Gasteiger partial charge in [-0.2, -0.15) is 0 Å². The first-order valence-corrected chi connectivity index (χ1v) is 10.2. The number of ether oxygens (including phenoxy) is 1. The van der Waals surface area contributed by atoms with Gasteiger partial charge in [0.2, 0.25) is 5.91 Å². The number of hydrogen-bond donors (Lipinski definition) is 1. The monoisotopic (exact) mass is 377 g/mol. The van der Waals surface area contributed by atoms with Crippen LogP contribution in [0.15, 0.2) is 54.6 Å². The standard InChI is InChI=1S/C23H27N3O2/c27-23(18-13-14-18)24-15-6-12-22-25-20-10-4-5-11-21(20)26(22)16-7-17-28-19-8-2-1-3-9-19/h1-5,8-11,18H,6-7,12-17H2,(H,24,27). The van der Waals surface area contributed by atoms with Crippen molar-refractivity contribution < 1.29 is 9.53 Å². The van der Waals surface area contributed by atoms with Crippen molar-refractivity contribution >= 4 is 16.9 Å². The number of nitrogens with zero attached hydrogens (tertiary/aromatic N) is 2. The number of carbonyl (C=O) groups is 1. The average Bonchev–Trinajstić information content (AvgIpc) is 3.52. The van der Waals surface area contributed by atoms with E-state index in [-0.39, 0.29) is 11.8 Å². The molecule has 4 rings (SSSR count). The summed E-state index contributed by atoms with van der Waals surface area (Å²) in [5.41, 5.74) is 2.20. The second-order valence-electron chi connectivity index (χ2n) is 7.35. The number of amides is 1. The van der Waals surface area contributed by atoms with Crippen LogP contribution in [0.4, 0.5) is 0 Å². The van der Waals surface area contributed by atoms with E-state index in [1.807, 2.05) is 36.4 Å². The van der Waals surface area contributed by atoms with E-state index in [0.717, 1.165) is 62.3 Å². The summed E-state index contributed by atoms with van der Waals surface area (Å²) in [6, 6.07) is 18.2. The molecule has 1 heterocycles. The third kappa shape index (κ3) is 4.71. The van der Waals surface area contributed by atoms with Gasteiger partial charge in [0.15, 0.2) is 0 Å². The summed E-state index contributed by atoms with van der Waals surface area (Å²) >= 11 is 0. The smallest absolute Gasteiger partial charge is 0.223 e. The first kappa shape index (κ1) is 18.5. The number of rotatable bonds is 10. The van der Waals surface area contributed by atoms with Gasteiger partial charge in [-0.1, -0.05) is 30.3 Å². The molecular formula is C23H27N3O2. The summed E-state index contributed by atoms with van der Waals surface area (Å²) in [7, 11) is 0. The van der Waals surface area contributed by atoms with Gasteiger partial charge in [-0.05, 0) is 49.9 Å². The zero-order chi connectivity index (χ0) is 19.2. The summed E-state index contributed by atoms with van der Waals surface area (Å²) in [6.07, 6.45) is 4.78. The van der Waals surface area contributed by atoms with E-state index >= 15 is 0 Å². The van der Waals surface area contributed by atoms with Crippen LogP contribution in [0.2, 0.25) is 0 Å². The molecule has 0 atom stereocenters. The summed E-state index contributed by atoms with van der Waals surface area (Å²) in [4.78, 5) is 16.6. The molecule has 1 aliphatic carbocycles. The molecule has 0 saturated heterocycles. The minimum Gasteiger partial charge on any atom is -0.494 e. The highest BCUT2D eigenvalue weighted by molar-refractivity contribution is 5.80. The molecule has 0 unspecified atom stereocenters. The largest absolute Gasteiger partial charge is 0.494 e. The van der Waals surface area contributed by atoms with Gasteiger partial charge >= 0.3 is 0 Å². The molecule has 2 aromatic carbocycles. The molecule has 0 radical (unpaired) electrons. The van der Waals surface area contributed by atoms with Crippen LogP contribution in [0, 0.1) is 5.92 Å². The molecule has 28 heavy (non-hydrogen) atoms. The Hall–Kier alpha value is -2.82. The highest BCUT2D eigenvalue weighted by Gasteiger charge is 2.29. The van der Waals surface area contributed by atoms with Crippen LogP contribution in [-0.2, 0) is 17.8 Å². The molecule has 0 aliphatic heterocycles. The van der Waals surface area contributed by atoms with Crippen LogP contribution in [0.25, 0.3) is 11.0 Å². The van der Waals surface area contributed by atoms with E-state index < -0.39 is 0 Å². The number of imidazole rings is 1. The number of nitrogens with one attached hydrogen (secondary N) is 1. The highest BCUT2D eigenvalue weighted by Crippen LogP contribution is 2.28. The zero-order valence-electron chi connectivity index (χ0n) is 16.1. The van der Waals surface area contributed by atoms with Crippen LogP contribution in [-0.4, -0.2) is 28.6 Å². The Bertz CT molecular complexity index is 916. The van der Waals surface area contributed by atoms with Crippen molar-refractivity contribution in [3.63, 3.8) is 0 Å². The van der Waals surface area contributed by atoms with Crippen LogP contribution < -0.4 is 10.1 Å². The van der Waals surface area contributed by atoms with Crippen molar-refractivity contribution in [2.45, 2.75) is 38.6 Å². The molecule has 1 amide bonds. The lowest BCUT2D eigenvalue weighted by molar-refractivity contribution is -0.122. The minimum absolute atomic E-state index is 0.214. The fraction of sp³-hybridized carbons (Fsp3) is 0.391. The zero-order valence-corrected chi connectivity index (χ0v) is 16.1. The molecule has 5 nitrogen and oxygen atoms in total. The van der Waals surface area contributed by atoms with Crippen molar-refractivity contribution in [3.8, 4) is 5.75 Å². The molecule has 1 fully saturated rings. The highest BCUT2D eigenvalue weighted by atomic mass is 16.5. The molecule has 146 valence electrons. The van der Waals surface area contributed by atoms with E-state index in [2.05, 4.69) is 28.1 Å². The van der Waals surface area contributed by atoms with E-state index in [1.54, 1.807) is 0 Å². The summed E-state index contributed by atoms with van der Waals surface area (Å²) in [5, 5.41) is 3.04. The first-order valence-electron chi connectivity index (χ1n) is 10.2. The van der Waals surface area contributed by atoms with Crippen LogP contribution in [0.3, 0.4) is 0 Å². The number of benzene rings is 2. The number of aromatic nitrogens is 2. The normalized spacial score (nSPS) is 13.6. The van der Waals surface area contributed by atoms with Gasteiger partial charge in [0.05, 0.1) is 17.6 Å². The summed E-state index contributed by atoms with van der Waals surface area (Å²) in [5.74, 6) is 2.48. The molecule has 3 aromatic rings. The number of carbonyl (C=O) groups excluding carboxylic acids is 1. The summed E-state index contributed by atoms with van der Waals surface area (Å²) < 4.78 is 8.13. The molecule has 5 heteroatoms. The maximum Gasteiger partial charge on any atom is 0.223 e. The van der Waals surface area contributed by atoms with Gasteiger partial charge < -0.3 is 14.6 Å². The molecular weight excluding hydrogens is 350 g/mol. The van der Waals surface area contributed by atoms with Gasteiger partial charge in [-0.3, -0.25) is 4.79 Å². The van der Waals surface area contributed by atoms with Gasteiger partial charge in [0, 0.05) is 25.4 Å². The topological polar surface area (TPSA) is 56.2 Å². The van der Waals surface area contributed by atoms with Crippen LogP contribution >= 0.6 is 0 Å². The first-order chi connectivity index (χ1) is 13.8. The van der Waals surface area contributed by atoms with Crippen LogP contribution in [0.1, 0.15) is 31.5 Å².